The van der Waals surface area contributed by atoms with E-state index in [4.69, 9.17) is 0 Å². The van der Waals surface area contributed by atoms with E-state index in [0.29, 0.717) is 0 Å². The molecule has 116 valence electrons. The maximum atomic E-state index is 12.6. The number of nitrogens with zero attached hydrogens (tertiary/aromatic N) is 1. The SMILES string of the molecule is CC(C)(C)S(=O)N[C@@H]1c2cnccc2CC12CCNCC2. The van der Waals surface area contributed by atoms with Crippen LogP contribution in [0.25, 0.3) is 0 Å². The molecule has 1 spiro atoms. The fourth-order valence-electron chi connectivity index (χ4n) is 3.53. The second-order valence-corrected chi connectivity index (χ2v) is 9.29. The predicted molar refractivity (Wildman–Crippen MR) is 86.2 cm³/mol. The number of pyridine rings is 1. The fraction of sp³-hybridized carbons (Fsp3) is 0.688. The number of fused-ring (bicyclic) bond motifs is 1. The summed E-state index contributed by atoms with van der Waals surface area (Å²) in [5.74, 6) is 0. The van der Waals surface area contributed by atoms with E-state index in [1.165, 1.54) is 11.1 Å². The van der Waals surface area contributed by atoms with Gasteiger partial charge in [0.1, 0.15) is 0 Å². The van der Waals surface area contributed by atoms with Gasteiger partial charge in [0.15, 0.2) is 0 Å². The number of piperidine rings is 1. The van der Waals surface area contributed by atoms with E-state index in [2.05, 4.69) is 21.1 Å². The largest absolute Gasteiger partial charge is 0.317 e. The van der Waals surface area contributed by atoms with Gasteiger partial charge in [-0.2, -0.15) is 0 Å². The van der Waals surface area contributed by atoms with Crippen LogP contribution >= 0.6 is 0 Å². The molecule has 1 fully saturated rings. The fourth-order valence-corrected chi connectivity index (χ4v) is 4.47. The highest BCUT2D eigenvalue weighted by atomic mass is 32.2. The molecule has 21 heavy (non-hydrogen) atoms. The molecule has 1 aliphatic heterocycles. The van der Waals surface area contributed by atoms with E-state index in [0.717, 1.165) is 32.4 Å². The van der Waals surface area contributed by atoms with Gasteiger partial charge in [0.05, 0.1) is 21.8 Å². The Balaban J connectivity index is 1.94. The summed E-state index contributed by atoms with van der Waals surface area (Å²) < 4.78 is 15.8. The Morgan fingerprint density at radius 1 is 1.38 bits per heavy atom. The normalized spacial score (nSPS) is 25.8. The van der Waals surface area contributed by atoms with Gasteiger partial charge in [-0.1, -0.05) is 0 Å². The van der Waals surface area contributed by atoms with Crippen LogP contribution in [0.4, 0.5) is 0 Å². The Labute approximate surface area is 129 Å². The predicted octanol–water partition coefficient (Wildman–Crippen LogP) is 2.10. The van der Waals surface area contributed by atoms with Gasteiger partial charge in [-0.3, -0.25) is 4.98 Å². The second kappa shape index (κ2) is 5.45. The smallest absolute Gasteiger partial charge is 0.0976 e. The van der Waals surface area contributed by atoms with E-state index < -0.39 is 11.0 Å². The quantitative estimate of drug-likeness (QED) is 0.880. The average molecular weight is 307 g/mol. The summed E-state index contributed by atoms with van der Waals surface area (Å²) in [4.78, 5) is 4.30. The van der Waals surface area contributed by atoms with Gasteiger partial charge in [0.25, 0.3) is 0 Å². The minimum Gasteiger partial charge on any atom is -0.317 e. The molecule has 0 saturated carbocycles. The summed E-state index contributed by atoms with van der Waals surface area (Å²) in [6.07, 6.45) is 7.16. The lowest BCUT2D eigenvalue weighted by Crippen LogP contribution is -2.46. The standard InChI is InChI=1S/C16H25N3OS/c1-15(2,3)21(20)19-14-13-11-18-7-4-12(13)10-16(14)5-8-17-9-6-16/h4,7,11,14,17,19H,5-6,8-10H2,1-3H3/t14-,21?/m1/s1. The second-order valence-electron chi connectivity index (χ2n) is 7.30. The summed E-state index contributed by atoms with van der Waals surface area (Å²) in [6, 6.07) is 2.28. The molecular weight excluding hydrogens is 282 g/mol. The minimum absolute atomic E-state index is 0.156. The molecular formula is C16H25N3OS. The summed E-state index contributed by atoms with van der Waals surface area (Å²) in [6.45, 7) is 8.14. The lowest BCUT2D eigenvalue weighted by atomic mass is 9.73. The molecule has 2 atom stereocenters. The molecule has 1 aromatic rings. The van der Waals surface area contributed by atoms with Gasteiger partial charge >= 0.3 is 0 Å². The average Bonchev–Trinajstić information content (AvgIpc) is 2.72. The van der Waals surface area contributed by atoms with E-state index in [1.807, 2.05) is 33.2 Å². The Morgan fingerprint density at radius 2 is 2.10 bits per heavy atom. The van der Waals surface area contributed by atoms with Crippen molar-refractivity contribution in [1.82, 2.24) is 15.0 Å². The highest BCUT2D eigenvalue weighted by Crippen LogP contribution is 2.51. The summed E-state index contributed by atoms with van der Waals surface area (Å²) >= 11 is 0. The van der Waals surface area contributed by atoms with E-state index in [-0.39, 0.29) is 16.2 Å². The third-order valence-electron chi connectivity index (χ3n) is 4.79. The maximum absolute atomic E-state index is 12.6. The summed E-state index contributed by atoms with van der Waals surface area (Å²) in [5.41, 5.74) is 2.81. The Kier molecular flexibility index (Phi) is 3.93. The van der Waals surface area contributed by atoms with Crippen molar-refractivity contribution in [1.29, 1.82) is 0 Å². The van der Waals surface area contributed by atoms with Crippen LogP contribution in [0.3, 0.4) is 0 Å². The van der Waals surface area contributed by atoms with Crippen LogP contribution in [0.2, 0.25) is 0 Å². The molecule has 2 aliphatic rings. The topological polar surface area (TPSA) is 54.0 Å². The molecule has 4 nitrogen and oxygen atoms in total. The first-order valence-corrected chi connectivity index (χ1v) is 8.89. The first-order chi connectivity index (χ1) is 9.92. The van der Waals surface area contributed by atoms with Crippen molar-refractivity contribution in [2.75, 3.05) is 13.1 Å². The van der Waals surface area contributed by atoms with E-state index in [1.54, 1.807) is 0 Å². The molecule has 0 bridgehead atoms. The van der Waals surface area contributed by atoms with Crippen LogP contribution < -0.4 is 10.0 Å². The van der Waals surface area contributed by atoms with Crippen LogP contribution in [0.1, 0.15) is 50.8 Å². The molecule has 1 aromatic heterocycles. The van der Waals surface area contributed by atoms with Crippen LogP contribution in [-0.2, 0) is 17.4 Å². The van der Waals surface area contributed by atoms with Crippen LogP contribution in [0, 0.1) is 5.41 Å². The lowest BCUT2D eigenvalue weighted by Gasteiger charge is -2.40. The van der Waals surface area contributed by atoms with Crippen LogP contribution in [0.15, 0.2) is 18.5 Å². The molecule has 2 N–H and O–H groups in total. The monoisotopic (exact) mass is 307 g/mol. The molecule has 0 aromatic carbocycles. The number of rotatable bonds is 2. The number of aromatic nitrogens is 1. The van der Waals surface area contributed by atoms with Gasteiger partial charge in [-0.25, -0.2) is 8.93 Å². The van der Waals surface area contributed by atoms with Crippen molar-refractivity contribution in [3.05, 3.63) is 29.6 Å². The zero-order valence-electron chi connectivity index (χ0n) is 13.1. The molecule has 1 saturated heterocycles. The van der Waals surface area contributed by atoms with Crippen LogP contribution in [-0.4, -0.2) is 27.0 Å². The third-order valence-corrected chi connectivity index (χ3v) is 6.35. The zero-order chi connectivity index (χ0) is 15.1. The number of hydrogen-bond acceptors (Lipinski definition) is 3. The van der Waals surface area contributed by atoms with Gasteiger partial charge in [-0.05, 0) is 75.7 Å². The Hall–Kier alpha value is -0.780. The zero-order valence-corrected chi connectivity index (χ0v) is 13.9. The van der Waals surface area contributed by atoms with E-state index >= 15 is 0 Å². The number of nitrogens with one attached hydrogen (secondary N) is 2. The highest BCUT2D eigenvalue weighted by Gasteiger charge is 2.47. The maximum Gasteiger partial charge on any atom is 0.0976 e. The van der Waals surface area contributed by atoms with E-state index in [9.17, 15) is 4.21 Å². The molecule has 3 rings (SSSR count). The van der Waals surface area contributed by atoms with Crippen molar-refractivity contribution in [3.8, 4) is 0 Å². The molecule has 0 radical (unpaired) electrons. The van der Waals surface area contributed by atoms with Crippen molar-refractivity contribution >= 4 is 11.0 Å². The summed E-state index contributed by atoms with van der Waals surface area (Å²) in [7, 11) is -1.06. The van der Waals surface area contributed by atoms with Crippen LogP contribution in [0.5, 0.6) is 0 Å². The van der Waals surface area contributed by atoms with Crippen molar-refractivity contribution in [2.24, 2.45) is 5.41 Å². The lowest BCUT2D eigenvalue weighted by molar-refractivity contribution is 0.164. The highest BCUT2D eigenvalue weighted by molar-refractivity contribution is 7.84. The first-order valence-electron chi connectivity index (χ1n) is 7.74. The molecule has 1 unspecified atom stereocenters. The molecule has 0 amide bonds. The van der Waals surface area contributed by atoms with Crippen molar-refractivity contribution < 1.29 is 4.21 Å². The Morgan fingerprint density at radius 3 is 2.76 bits per heavy atom. The van der Waals surface area contributed by atoms with Gasteiger partial charge in [0.2, 0.25) is 0 Å². The molecule has 2 heterocycles. The molecule has 1 aliphatic carbocycles. The van der Waals surface area contributed by atoms with Gasteiger partial charge < -0.3 is 5.32 Å². The third kappa shape index (κ3) is 2.79. The Bertz CT molecular complexity index is 547. The van der Waals surface area contributed by atoms with Crippen molar-refractivity contribution in [2.45, 2.75) is 50.8 Å². The summed E-state index contributed by atoms with van der Waals surface area (Å²) in [5, 5.41) is 3.45. The molecule has 5 heteroatoms. The van der Waals surface area contributed by atoms with Crippen molar-refractivity contribution in [3.63, 3.8) is 0 Å². The van der Waals surface area contributed by atoms with Gasteiger partial charge in [-0.15, -0.1) is 0 Å². The first kappa shape index (κ1) is 15.1. The number of hydrogen-bond donors (Lipinski definition) is 2. The van der Waals surface area contributed by atoms with Gasteiger partial charge in [0, 0.05) is 12.4 Å². The minimum atomic E-state index is -1.06.